The summed E-state index contributed by atoms with van der Waals surface area (Å²) in [5, 5.41) is 1.000. The minimum Gasteiger partial charge on any atom is -0.493 e. The predicted octanol–water partition coefficient (Wildman–Crippen LogP) is 4.77. The quantitative estimate of drug-likeness (QED) is 0.410. The summed E-state index contributed by atoms with van der Waals surface area (Å²) in [6.45, 7) is 2.75. The molecule has 18 heavy (non-hydrogen) atoms. The zero-order valence-corrected chi connectivity index (χ0v) is 11.8. The number of unbranched alkanes of at least 4 members (excludes halogenated alkanes) is 2. The first-order chi connectivity index (χ1) is 8.69. The highest BCUT2D eigenvalue weighted by Crippen LogP contribution is 2.32. The van der Waals surface area contributed by atoms with Crippen LogP contribution in [0.3, 0.4) is 0 Å². The van der Waals surface area contributed by atoms with E-state index in [4.69, 9.17) is 27.9 Å². The van der Waals surface area contributed by atoms with Gasteiger partial charge < -0.3 is 4.74 Å². The Morgan fingerprint density at radius 2 is 2.06 bits per heavy atom. The van der Waals surface area contributed by atoms with Crippen LogP contribution in [0.5, 0.6) is 5.75 Å². The Bertz CT molecular complexity index is 428. The smallest absolute Gasteiger partial charge is 0.142 e. The first-order valence-corrected chi connectivity index (χ1v) is 6.68. The molecule has 4 heteroatoms. The Kier molecular flexibility index (Phi) is 6.84. The number of allylic oxidation sites excluding steroid dienone is 1. The Morgan fingerprint density at radius 1 is 1.28 bits per heavy atom. The Hall–Kier alpha value is -0.990. The molecule has 0 fully saturated rings. The molecular formula is C14H16Cl2O2. The van der Waals surface area contributed by atoms with Gasteiger partial charge in [-0.3, -0.25) is 4.79 Å². The summed E-state index contributed by atoms with van der Waals surface area (Å²) in [6, 6.07) is 3.34. The molecule has 0 N–H and O–H groups in total. The van der Waals surface area contributed by atoms with E-state index < -0.39 is 0 Å². The molecule has 0 aliphatic heterocycles. The Balaban J connectivity index is 2.85. The zero-order chi connectivity index (χ0) is 13.4. The summed E-state index contributed by atoms with van der Waals surface area (Å²) >= 11 is 12.0. The monoisotopic (exact) mass is 286 g/mol. The van der Waals surface area contributed by atoms with Crippen LogP contribution in [0.15, 0.2) is 18.2 Å². The second-order valence-electron chi connectivity index (χ2n) is 3.85. The lowest BCUT2D eigenvalue weighted by Gasteiger charge is -2.11. The van der Waals surface area contributed by atoms with Gasteiger partial charge in [-0.15, -0.1) is 0 Å². The van der Waals surface area contributed by atoms with Crippen LogP contribution in [0.1, 0.15) is 31.7 Å². The third-order valence-electron chi connectivity index (χ3n) is 2.40. The minimum absolute atomic E-state index is 0.478. The standard InChI is InChI=1S/C14H16Cl2O2/c1-2-3-4-8-18-14-10-11(15)9-13(16)12(14)6-5-7-17/h5-7,9-10H,2-4,8H2,1H3/b6-5+. The van der Waals surface area contributed by atoms with Crippen LogP contribution in [-0.2, 0) is 4.79 Å². The van der Waals surface area contributed by atoms with Crippen molar-refractivity contribution in [3.63, 3.8) is 0 Å². The van der Waals surface area contributed by atoms with Crippen LogP contribution in [-0.4, -0.2) is 12.9 Å². The van der Waals surface area contributed by atoms with Gasteiger partial charge in [-0.2, -0.15) is 0 Å². The van der Waals surface area contributed by atoms with Crippen molar-refractivity contribution in [3.8, 4) is 5.75 Å². The van der Waals surface area contributed by atoms with E-state index in [-0.39, 0.29) is 0 Å². The molecule has 0 aliphatic carbocycles. The van der Waals surface area contributed by atoms with Gasteiger partial charge in [0, 0.05) is 10.6 Å². The van der Waals surface area contributed by atoms with E-state index in [1.165, 1.54) is 6.08 Å². The highest BCUT2D eigenvalue weighted by atomic mass is 35.5. The minimum atomic E-state index is 0.478. The molecule has 0 spiro atoms. The van der Waals surface area contributed by atoms with Gasteiger partial charge in [0.15, 0.2) is 0 Å². The van der Waals surface area contributed by atoms with Gasteiger partial charge in [-0.25, -0.2) is 0 Å². The molecule has 1 rings (SSSR count). The lowest BCUT2D eigenvalue weighted by molar-refractivity contribution is -0.104. The molecule has 0 bridgehead atoms. The summed E-state index contributed by atoms with van der Waals surface area (Å²) < 4.78 is 5.66. The molecule has 0 atom stereocenters. The van der Waals surface area contributed by atoms with Crippen molar-refractivity contribution in [3.05, 3.63) is 33.8 Å². The van der Waals surface area contributed by atoms with E-state index in [0.29, 0.717) is 34.3 Å². The summed E-state index contributed by atoms with van der Waals surface area (Å²) in [7, 11) is 0. The van der Waals surface area contributed by atoms with Crippen molar-refractivity contribution < 1.29 is 9.53 Å². The molecule has 0 amide bonds. The zero-order valence-electron chi connectivity index (χ0n) is 10.3. The van der Waals surface area contributed by atoms with Crippen molar-refractivity contribution in [2.75, 3.05) is 6.61 Å². The average Bonchev–Trinajstić information content (AvgIpc) is 2.33. The topological polar surface area (TPSA) is 26.3 Å². The second kappa shape index (κ2) is 8.17. The SMILES string of the molecule is CCCCCOc1cc(Cl)cc(Cl)c1/C=C/C=O. The molecule has 0 aliphatic rings. The van der Waals surface area contributed by atoms with Crippen molar-refractivity contribution in [2.24, 2.45) is 0 Å². The molecule has 0 heterocycles. The second-order valence-corrected chi connectivity index (χ2v) is 4.69. The third-order valence-corrected chi connectivity index (χ3v) is 2.93. The maximum absolute atomic E-state index is 10.4. The fourth-order valence-electron chi connectivity index (χ4n) is 1.51. The summed E-state index contributed by atoms with van der Waals surface area (Å²) in [4.78, 5) is 10.4. The van der Waals surface area contributed by atoms with Crippen LogP contribution >= 0.6 is 23.2 Å². The molecule has 1 aromatic rings. The van der Waals surface area contributed by atoms with Gasteiger partial charge >= 0.3 is 0 Å². The summed E-state index contributed by atoms with van der Waals surface area (Å²) in [6.07, 6.45) is 6.95. The first kappa shape index (κ1) is 15.1. The number of carbonyl (C=O) groups excluding carboxylic acids is 1. The number of carbonyl (C=O) groups is 1. The van der Waals surface area contributed by atoms with Gasteiger partial charge in [0.1, 0.15) is 12.0 Å². The van der Waals surface area contributed by atoms with E-state index in [1.54, 1.807) is 18.2 Å². The molecule has 0 saturated heterocycles. The van der Waals surface area contributed by atoms with E-state index in [0.717, 1.165) is 19.3 Å². The van der Waals surface area contributed by atoms with Gasteiger partial charge in [-0.1, -0.05) is 43.0 Å². The third kappa shape index (κ3) is 4.71. The van der Waals surface area contributed by atoms with Crippen LogP contribution in [0.2, 0.25) is 10.0 Å². The van der Waals surface area contributed by atoms with Gasteiger partial charge in [-0.05, 0) is 30.7 Å². The fraction of sp³-hybridized carbons (Fsp3) is 0.357. The molecule has 98 valence electrons. The van der Waals surface area contributed by atoms with Crippen LogP contribution in [0, 0.1) is 0 Å². The highest BCUT2D eigenvalue weighted by molar-refractivity contribution is 6.36. The number of rotatable bonds is 7. The van der Waals surface area contributed by atoms with Gasteiger partial charge in [0.25, 0.3) is 0 Å². The Labute approximate surface area is 118 Å². The number of aldehydes is 1. The lowest BCUT2D eigenvalue weighted by Crippen LogP contribution is -1.99. The largest absolute Gasteiger partial charge is 0.493 e. The molecule has 0 unspecified atom stereocenters. The van der Waals surface area contributed by atoms with Crippen molar-refractivity contribution in [1.82, 2.24) is 0 Å². The molecule has 0 saturated carbocycles. The number of hydrogen-bond acceptors (Lipinski definition) is 2. The molecular weight excluding hydrogens is 271 g/mol. The molecule has 0 radical (unpaired) electrons. The van der Waals surface area contributed by atoms with Gasteiger partial charge in [0.2, 0.25) is 0 Å². The van der Waals surface area contributed by atoms with E-state index >= 15 is 0 Å². The Morgan fingerprint density at radius 3 is 2.72 bits per heavy atom. The maximum atomic E-state index is 10.4. The number of halogens is 2. The van der Waals surface area contributed by atoms with Crippen molar-refractivity contribution >= 4 is 35.6 Å². The first-order valence-electron chi connectivity index (χ1n) is 5.92. The lowest BCUT2D eigenvalue weighted by atomic mass is 10.2. The molecule has 2 nitrogen and oxygen atoms in total. The summed E-state index contributed by atoms with van der Waals surface area (Å²) in [5.41, 5.74) is 0.685. The van der Waals surface area contributed by atoms with Crippen LogP contribution in [0.4, 0.5) is 0 Å². The van der Waals surface area contributed by atoms with Crippen LogP contribution < -0.4 is 4.74 Å². The van der Waals surface area contributed by atoms with Crippen LogP contribution in [0.25, 0.3) is 6.08 Å². The summed E-state index contributed by atoms with van der Waals surface area (Å²) in [5.74, 6) is 0.613. The maximum Gasteiger partial charge on any atom is 0.142 e. The average molecular weight is 287 g/mol. The van der Waals surface area contributed by atoms with Crippen molar-refractivity contribution in [2.45, 2.75) is 26.2 Å². The van der Waals surface area contributed by atoms with Gasteiger partial charge in [0.05, 0.1) is 11.6 Å². The fourth-order valence-corrected chi connectivity index (χ4v) is 2.05. The highest BCUT2D eigenvalue weighted by Gasteiger charge is 2.08. The normalized spacial score (nSPS) is 10.8. The van der Waals surface area contributed by atoms with E-state index in [2.05, 4.69) is 6.92 Å². The molecule has 0 aromatic heterocycles. The number of hydrogen-bond donors (Lipinski definition) is 0. The number of benzene rings is 1. The number of ether oxygens (including phenoxy) is 1. The predicted molar refractivity (Wildman–Crippen MR) is 76.6 cm³/mol. The molecule has 1 aromatic carbocycles. The van der Waals surface area contributed by atoms with E-state index in [1.807, 2.05) is 0 Å². The van der Waals surface area contributed by atoms with E-state index in [9.17, 15) is 4.79 Å². The van der Waals surface area contributed by atoms with Crippen molar-refractivity contribution in [1.29, 1.82) is 0 Å².